The molecule has 0 aromatic heterocycles. The van der Waals surface area contributed by atoms with Crippen molar-refractivity contribution in [3.63, 3.8) is 0 Å². The van der Waals surface area contributed by atoms with Crippen molar-refractivity contribution >= 4 is 5.91 Å². The molecule has 1 amide bonds. The highest BCUT2D eigenvalue weighted by atomic mass is 16.5. The van der Waals surface area contributed by atoms with Crippen LogP contribution in [0.4, 0.5) is 0 Å². The normalized spacial score (nSPS) is 22.1. The SMILES string of the molecule is COC1CN(C(=O)COc2ccccc2CN)CCC1C. The van der Waals surface area contributed by atoms with Gasteiger partial charge in [0.05, 0.1) is 6.10 Å². The molecule has 2 atom stereocenters. The Kier molecular flexibility index (Phi) is 5.59. The Morgan fingerprint density at radius 1 is 1.43 bits per heavy atom. The fourth-order valence-electron chi connectivity index (χ4n) is 2.61. The summed E-state index contributed by atoms with van der Waals surface area (Å²) in [7, 11) is 1.70. The average Bonchev–Trinajstić information content (AvgIpc) is 2.53. The van der Waals surface area contributed by atoms with Crippen LogP contribution in [0.3, 0.4) is 0 Å². The van der Waals surface area contributed by atoms with Gasteiger partial charge in [0.1, 0.15) is 5.75 Å². The molecular weight excluding hydrogens is 268 g/mol. The first kappa shape index (κ1) is 15.8. The molecule has 0 saturated carbocycles. The molecule has 1 aromatic carbocycles. The molecule has 1 fully saturated rings. The molecule has 21 heavy (non-hydrogen) atoms. The molecule has 1 aliphatic rings. The molecule has 1 aliphatic heterocycles. The van der Waals surface area contributed by atoms with E-state index in [-0.39, 0.29) is 18.6 Å². The van der Waals surface area contributed by atoms with E-state index in [1.165, 1.54) is 0 Å². The van der Waals surface area contributed by atoms with Gasteiger partial charge in [-0.3, -0.25) is 4.79 Å². The largest absolute Gasteiger partial charge is 0.483 e. The summed E-state index contributed by atoms with van der Waals surface area (Å²) < 4.78 is 11.1. The van der Waals surface area contributed by atoms with Crippen LogP contribution in [-0.4, -0.2) is 43.7 Å². The van der Waals surface area contributed by atoms with Gasteiger partial charge in [-0.25, -0.2) is 0 Å². The molecule has 0 radical (unpaired) electrons. The predicted octanol–water partition coefficient (Wildman–Crippen LogP) is 1.41. The molecule has 2 rings (SSSR count). The van der Waals surface area contributed by atoms with Crippen molar-refractivity contribution in [2.24, 2.45) is 11.7 Å². The molecule has 1 heterocycles. The zero-order valence-corrected chi connectivity index (χ0v) is 12.7. The molecule has 1 aromatic rings. The van der Waals surface area contributed by atoms with Gasteiger partial charge < -0.3 is 20.1 Å². The molecule has 2 unspecified atom stereocenters. The number of benzene rings is 1. The van der Waals surface area contributed by atoms with Crippen molar-refractivity contribution in [2.75, 3.05) is 26.8 Å². The number of nitrogens with zero attached hydrogens (tertiary/aromatic N) is 1. The van der Waals surface area contributed by atoms with Crippen LogP contribution in [0.25, 0.3) is 0 Å². The van der Waals surface area contributed by atoms with Crippen molar-refractivity contribution in [3.8, 4) is 5.75 Å². The van der Waals surface area contributed by atoms with Gasteiger partial charge in [-0.2, -0.15) is 0 Å². The molecule has 2 N–H and O–H groups in total. The smallest absolute Gasteiger partial charge is 0.260 e. The van der Waals surface area contributed by atoms with Crippen molar-refractivity contribution in [1.29, 1.82) is 0 Å². The fraction of sp³-hybridized carbons (Fsp3) is 0.562. The van der Waals surface area contributed by atoms with E-state index in [1.54, 1.807) is 7.11 Å². The lowest BCUT2D eigenvalue weighted by Gasteiger charge is -2.36. The van der Waals surface area contributed by atoms with E-state index in [0.717, 1.165) is 18.5 Å². The van der Waals surface area contributed by atoms with E-state index >= 15 is 0 Å². The molecule has 0 spiro atoms. The summed E-state index contributed by atoms with van der Waals surface area (Å²) >= 11 is 0. The van der Waals surface area contributed by atoms with E-state index in [9.17, 15) is 4.79 Å². The number of hydrogen-bond donors (Lipinski definition) is 1. The van der Waals surface area contributed by atoms with Crippen LogP contribution in [0.1, 0.15) is 18.9 Å². The average molecular weight is 292 g/mol. The van der Waals surface area contributed by atoms with Crippen molar-refractivity contribution in [3.05, 3.63) is 29.8 Å². The standard InChI is InChI=1S/C16H24N2O3/c1-12-7-8-18(10-15(12)20-2)16(19)11-21-14-6-4-3-5-13(14)9-17/h3-6,12,15H,7-11,17H2,1-2H3. The Bertz CT molecular complexity index is 478. The van der Waals surface area contributed by atoms with Crippen LogP contribution < -0.4 is 10.5 Å². The molecule has 1 saturated heterocycles. The lowest BCUT2D eigenvalue weighted by atomic mass is 9.96. The second kappa shape index (κ2) is 7.43. The maximum Gasteiger partial charge on any atom is 0.260 e. The third kappa shape index (κ3) is 3.95. The Balaban J connectivity index is 1.90. The number of piperidine rings is 1. The first-order chi connectivity index (χ1) is 10.2. The number of amides is 1. The minimum atomic E-state index is -0.00391. The second-order valence-corrected chi connectivity index (χ2v) is 5.48. The van der Waals surface area contributed by atoms with Crippen LogP contribution in [0, 0.1) is 5.92 Å². The van der Waals surface area contributed by atoms with Crippen LogP contribution in [-0.2, 0) is 16.1 Å². The van der Waals surface area contributed by atoms with Crippen molar-refractivity contribution in [1.82, 2.24) is 4.90 Å². The number of ether oxygens (including phenoxy) is 2. The summed E-state index contributed by atoms with van der Waals surface area (Å²) in [5.74, 6) is 1.16. The lowest BCUT2D eigenvalue weighted by molar-refractivity contribution is -0.138. The first-order valence-electron chi connectivity index (χ1n) is 7.37. The molecule has 0 bridgehead atoms. The van der Waals surface area contributed by atoms with Gasteiger partial charge in [0.25, 0.3) is 5.91 Å². The summed E-state index contributed by atoms with van der Waals surface area (Å²) in [6.07, 6.45) is 1.07. The Morgan fingerprint density at radius 3 is 2.90 bits per heavy atom. The number of likely N-dealkylation sites (tertiary alicyclic amines) is 1. The molecule has 0 aliphatic carbocycles. The van der Waals surface area contributed by atoms with Crippen LogP contribution in [0.2, 0.25) is 0 Å². The van der Waals surface area contributed by atoms with Crippen molar-refractivity contribution < 1.29 is 14.3 Å². The monoisotopic (exact) mass is 292 g/mol. The highest BCUT2D eigenvalue weighted by molar-refractivity contribution is 5.78. The second-order valence-electron chi connectivity index (χ2n) is 5.48. The predicted molar refractivity (Wildman–Crippen MR) is 81.0 cm³/mol. The number of nitrogens with two attached hydrogens (primary N) is 1. The van der Waals surface area contributed by atoms with E-state index < -0.39 is 0 Å². The molecule has 5 heteroatoms. The third-order valence-electron chi connectivity index (χ3n) is 4.09. The van der Waals surface area contributed by atoms with Crippen LogP contribution in [0.15, 0.2) is 24.3 Å². The number of methoxy groups -OCH3 is 1. The van der Waals surface area contributed by atoms with Gasteiger partial charge >= 0.3 is 0 Å². The maximum atomic E-state index is 12.3. The van der Waals surface area contributed by atoms with Crippen LogP contribution in [0.5, 0.6) is 5.75 Å². The first-order valence-corrected chi connectivity index (χ1v) is 7.37. The van der Waals surface area contributed by atoms with E-state index in [1.807, 2.05) is 29.2 Å². The number of rotatable bonds is 5. The number of para-hydroxylation sites is 1. The van der Waals surface area contributed by atoms with Crippen molar-refractivity contribution in [2.45, 2.75) is 26.0 Å². The summed E-state index contributed by atoms with van der Waals surface area (Å²) in [5, 5.41) is 0. The van der Waals surface area contributed by atoms with Crippen LogP contribution >= 0.6 is 0 Å². The molecular formula is C16H24N2O3. The summed E-state index contributed by atoms with van der Waals surface area (Å²) in [6.45, 7) is 4.00. The summed E-state index contributed by atoms with van der Waals surface area (Å²) in [5.41, 5.74) is 6.57. The number of hydrogen-bond acceptors (Lipinski definition) is 4. The summed E-state index contributed by atoms with van der Waals surface area (Å²) in [6, 6.07) is 7.53. The Labute approximate surface area is 126 Å². The molecule has 5 nitrogen and oxygen atoms in total. The number of carbonyl (C=O) groups is 1. The van der Waals surface area contributed by atoms with Gasteiger partial charge in [0.15, 0.2) is 6.61 Å². The zero-order chi connectivity index (χ0) is 15.2. The van der Waals surface area contributed by atoms with Gasteiger partial charge in [-0.15, -0.1) is 0 Å². The fourth-order valence-corrected chi connectivity index (χ4v) is 2.61. The minimum Gasteiger partial charge on any atom is -0.483 e. The number of carbonyl (C=O) groups excluding carboxylic acids is 1. The van der Waals surface area contributed by atoms with Gasteiger partial charge in [0, 0.05) is 32.3 Å². The Morgan fingerprint density at radius 2 is 2.19 bits per heavy atom. The van der Waals surface area contributed by atoms with E-state index in [0.29, 0.717) is 24.8 Å². The molecule has 116 valence electrons. The quantitative estimate of drug-likeness (QED) is 0.891. The maximum absolute atomic E-state index is 12.3. The topological polar surface area (TPSA) is 64.8 Å². The van der Waals surface area contributed by atoms with Gasteiger partial charge in [0.2, 0.25) is 0 Å². The van der Waals surface area contributed by atoms with Gasteiger partial charge in [-0.05, 0) is 18.4 Å². The highest BCUT2D eigenvalue weighted by Crippen LogP contribution is 2.20. The Hall–Kier alpha value is -1.59. The third-order valence-corrected chi connectivity index (χ3v) is 4.09. The zero-order valence-electron chi connectivity index (χ0n) is 12.7. The van der Waals surface area contributed by atoms with Gasteiger partial charge in [-0.1, -0.05) is 25.1 Å². The van der Waals surface area contributed by atoms with E-state index in [2.05, 4.69) is 6.92 Å². The minimum absolute atomic E-state index is 0.00391. The highest BCUT2D eigenvalue weighted by Gasteiger charge is 2.28. The summed E-state index contributed by atoms with van der Waals surface area (Å²) in [4.78, 5) is 14.1. The van der Waals surface area contributed by atoms with E-state index in [4.69, 9.17) is 15.2 Å². The lowest BCUT2D eigenvalue weighted by Crippen LogP contribution is -2.48.